The first-order chi connectivity index (χ1) is 9.16. The summed E-state index contributed by atoms with van der Waals surface area (Å²) in [5.41, 5.74) is 1.33. The second-order valence-corrected chi connectivity index (χ2v) is 6.28. The third-order valence-electron chi connectivity index (χ3n) is 2.91. The van der Waals surface area contributed by atoms with E-state index < -0.39 is 0 Å². The molecule has 0 spiro atoms. The predicted octanol–water partition coefficient (Wildman–Crippen LogP) is 5.55. The molecule has 0 atom stereocenters. The summed E-state index contributed by atoms with van der Waals surface area (Å²) in [6.45, 7) is 0. The quantitative estimate of drug-likeness (QED) is 0.553. The third-order valence-corrected chi connectivity index (χ3v) is 5.10. The maximum atomic E-state index is 12.6. The first kappa shape index (κ1) is 12.9. The van der Waals surface area contributed by atoms with Crippen LogP contribution < -0.4 is 0 Å². The summed E-state index contributed by atoms with van der Waals surface area (Å²) in [4.78, 5) is 12.6. The molecule has 0 bridgehead atoms. The lowest BCUT2D eigenvalue weighted by Crippen LogP contribution is -2.01. The van der Waals surface area contributed by atoms with Crippen molar-refractivity contribution in [3.05, 3.63) is 68.5 Å². The zero-order chi connectivity index (χ0) is 13.4. The molecule has 0 amide bonds. The summed E-state index contributed by atoms with van der Waals surface area (Å²) in [5.74, 6) is 0.00227. The Labute approximate surface area is 128 Å². The SMILES string of the molecule is O=C(c1ccc(Br)c(Cl)c1)c1cccc2ccsc12. The minimum absolute atomic E-state index is 0.00227. The van der Waals surface area contributed by atoms with Crippen LogP contribution in [-0.4, -0.2) is 5.78 Å². The van der Waals surface area contributed by atoms with Crippen molar-refractivity contribution in [2.75, 3.05) is 0 Å². The summed E-state index contributed by atoms with van der Waals surface area (Å²) in [6, 6.07) is 13.1. The molecule has 3 aromatic rings. The number of halogens is 2. The number of thiophene rings is 1. The molecule has 0 unspecified atom stereocenters. The Morgan fingerprint density at radius 1 is 1.16 bits per heavy atom. The number of fused-ring (bicyclic) bond motifs is 1. The van der Waals surface area contributed by atoms with Gasteiger partial charge in [0.1, 0.15) is 0 Å². The average molecular weight is 352 g/mol. The number of carbonyl (C=O) groups is 1. The smallest absolute Gasteiger partial charge is 0.194 e. The van der Waals surface area contributed by atoms with E-state index in [0.29, 0.717) is 10.6 Å². The summed E-state index contributed by atoms with van der Waals surface area (Å²) in [6.07, 6.45) is 0. The lowest BCUT2D eigenvalue weighted by molar-refractivity contribution is 0.104. The maximum Gasteiger partial charge on any atom is 0.194 e. The van der Waals surface area contributed by atoms with Crippen molar-refractivity contribution in [1.29, 1.82) is 0 Å². The van der Waals surface area contributed by atoms with Gasteiger partial charge in [0.25, 0.3) is 0 Å². The lowest BCUT2D eigenvalue weighted by atomic mass is 10.0. The maximum absolute atomic E-state index is 12.6. The number of carbonyl (C=O) groups excluding carboxylic acids is 1. The van der Waals surface area contributed by atoms with E-state index in [4.69, 9.17) is 11.6 Å². The Balaban J connectivity index is 2.13. The fourth-order valence-electron chi connectivity index (χ4n) is 1.96. The molecule has 0 fully saturated rings. The predicted molar refractivity (Wildman–Crippen MR) is 84.4 cm³/mol. The molecule has 0 N–H and O–H groups in total. The Kier molecular flexibility index (Phi) is 3.44. The third kappa shape index (κ3) is 2.34. The van der Waals surface area contributed by atoms with Gasteiger partial charge in [-0.25, -0.2) is 0 Å². The van der Waals surface area contributed by atoms with E-state index in [-0.39, 0.29) is 5.78 Å². The van der Waals surface area contributed by atoms with Gasteiger partial charge in [-0.15, -0.1) is 11.3 Å². The van der Waals surface area contributed by atoms with Crippen LogP contribution in [0.25, 0.3) is 10.1 Å². The molecule has 0 saturated carbocycles. The molecule has 4 heteroatoms. The molecule has 3 rings (SSSR count). The molecule has 0 saturated heterocycles. The number of hydrogen-bond acceptors (Lipinski definition) is 2. The van der Waals surface area contributed by atoms with Gasteiger partial charge in [0.15, 0.2) is 5.78 Å². The van der Waals surface area contributed by atoms with E-state index in [9.17, 15) is 4.79 Å². The minimum Gasteiger partial charge on any atom is -0.289 e. The molecule has 1 aromatic heterocycles. The van der Waals surface area contributed by atoms with E-state index in [1.807, 2.05) is 29.6 Å². The zero-order valence-electron chi connectivity index (χ0n) is 9.69. The molecule has 94 valence electrons. The van der Waals surface area contributed by atoms with Crippen molar-refractivity contribution in [2.45, 2.75) is 0 Å². The van der Waals surface area contributed by atoms with Crippen LogP contribution in [0.5, 0.6) is 0 Å². The largest absolute Gasteiger partial charge is 0.289 e. The van der Waals surface area contributed by atoms with Crippen LogP contribution >= 0.6 is 38.9 Å². The molecular weight excluding hydrogens is 344 g/mol. The number of hydrogen-bond donors (Lipinski definition) is 0. The fraction of sp³-hybridized carbons (Fsp3) is 0. The second-order valence-electron chi connectivity index (χ2n) is 4.10. The van der Waals surface area contributed by atoms with Gasteiger partial charge in [-0.05, 0) is 57.0 Å². The molecule has 19 heavy (non-hydrogen) atoms. The van der Waals surface area contributed by atoms with Gasteiger partial charge in [-0.3, -0.25) is 4.79 Å². The highest BCUT2D eigenvalue weighted by Gasteiger charge is 2.14. The summed E-state index contributed by atoms with van der Waals surface area (Å²) >= 11 is 11.0. The summed E-state index contributed by atoms with van der Waals surface area (Å²) < 4.78 is 1.81. The van der Waals surface area contributed by atoms with E-state index in [0.717, 1.165) is 20.1 Å². The zero-order valence-corrected chi connectivity index (χ0v) is 12.8. The van der Waals surface area contributed by atoms with Crippen molar-refractivity contribution < 1.29 is 4.79 Å². The highest BCUT2D eigenvalue weighted by molar-refractivity contribution is 9.10. The highest BCUT2D eigenvalue weighted by atomic mass is 79.9. The Morgan fingerprint density at radius 2 is 2.00 bits per heavy atom. The van der Waals surface area contributed by atoms with Crippen molar-refractivity contribution in [3.63, 3.8) is 0 Å². The fourth-order valence-corrected chi connectivity index (χ4v) is 3.30. The molecule has 1 nitrogen and oxygen atoms in total. The van der Waals surface area contributed by atoms with Crippen LogP contribution in [0.3, 0.4) is 0 Å². The van der Waals surface area contributed by atoms with E-state index in [1.165, 1.54) is 0 Å². The van der Waals surface area contributed by atoms with E-state index in [1.54, 1.807) is 29.5 Å². The van der Waals surface area contributed by atoms with Gasteiger partial charge < -0.3 is 0 Å². The van der Waals surface area contributed by atoms with E-state index in [2.05, 4.69) is 15.9 Å². The summed E-state index contributed by atoms with van der Waals surface area (Å²) in [5, 5.41) is 3.64. The van der Waals surface area contributed by atoms with Crippen LogP contribution in [0, 0.1) is 0 Å². The van der Waals surface area contributed by atoms with Gasteiger partial charge in [-0.1, -0.05) is 23.7 Å². The van der Waals surface area contributed by atoms with Gasteiger partial charge >= 0.3 is 0 Å². The van der Waals surface area contributed by atoms with Crippen molar-refractivity contribution >= 4 is 54.7 Å². The molecular formula is C15H8BrClOS. The second kappa shape index (κ2) is 5.08. The minimum atomic E-state index is 0.00227. The number of benzene rings is 2. The topological polar surface area (TPSA) is 17.1 Å². The Bertz CT molecular complexity index is 779. The average Bonchev–Trinajstić information content (AvgIpc) is 2.89. The first-order valence-corrected chi connectivity index (χ1v) is 7.68. The summed E-state index contributed by atoms with van der Waals surface area (Å²) in [7, 11) is 0. The molecule has 0 aliphatic carbocycles. The molecule has 2 aromatic carbocycles. The van der Waals surface area contributed by atoms with Crippen LogP contribution in [-0.2, 0) is 0 Å². The monoisotopic (exact) mass is 350 g/mol. The normalized spacial score (nSPS) is 10.8. The van der Waals surface area contributed by atoms with Gasteiger partial charge in [0.2, 0.25) is 0 Å². The first-order valence-electron chi connectivity index (χ1n) is 5.63. The van der Waals surface area contributed by atoms with E-state index >= 15 is 0 Å². The van der Waals surface area contributed by atoms with Crippen molar-refractivity contribution in [3.8, 4) is 0 Å². The van der Waals surface area contributed by atoms with Crippen molar-refractivity contribution in [2.24, 2.45) is 0 Å². The Hall–Kier alpha value is -1.16. The van der Waals surface area contributed by atoms with Gasteiger partial charge in [0.05, 0.1) is 5.02 Å². The van der Waals surface area contributed by atoms with Gasteiger partial charge in [-0.2, -0.15) is 0 Å². The molecule has 1 heterocycles. The molecule has 0 radical (unpaired) electrons. The van der Waals surface area contributed by atoms with Crippen LogP contribution in [0.4, 0.5) is 0 Å². The molecule has 0 aliphatic rings. The van der Waals surface area contributed by atoms with Crippen molar-refractivity contribution in [1.82, 2.24) is 0 Å². The van der Waals surface area contributed by atoms with Gasteiger partial charge in [0, 0.05) is 20.3 Å². The molecule has 0 aliphatic heterocycles. The number of ketones is 1. The van der Waals surface area contributed by atoms with Crippen LogP contribution in [0.15, 0.2) is 52.3 Å². The highest BCUT2D eigenvalue weighted by Crippen LogP contribution is 2.29. The Morgan fingerprint density at radius 3 is 2.79 bits per heavy atom. The van der Waals surface area contributed by atoms with Crippen LogP contribution in [0.2, 0.25) is 5.02 Å². The lowest BCUT2D eigenvalue weighted by Gasteiger charge is -2.04. The number of rotatable bonds is 2. The van der Waals surface area contributed by atoms with Crippen LogP contribution in [0.1, 0.15) is 15.9 Å². The standard InChI is InChI=1S/C15H8BrClOS/c16-12-5-4-10(8-13(12)17)14(18)11-3-1-2-9-6-7-19-15(9)11/h1-8H.